The van der Waals surface area contributed by atoms with Crippen LogP contribution in [0.25, 0.3) is 6.08 Å². The molecule has 0 spiro atoms. The van der Waals surface area contributed by atoms with Crippen LogP contribution >= 0.6 is 11.8 Å². The van der Waals surface area contributed by atoms with Crippen molar-refractivity contribution in [2.24, 2.45) is 0 Å². The Morgan fingerprint density at radius 2 is 1.75 bits per heavy atom. The number of carbonyl (C=O) groups excluding carboxylic acids is 3. The number of carbonyl (C=O) groups is 3. The molecule has 1 aliphatic rings. The molecule has 3 aromatic carbocycles. The van der Waals surface area contributed by atoms with Crippen LogP contribution in [-0.2, 0) is 16.1 Å². The predicted molar refractivity (Wildman–Crippen MR) is 136 cm³/mol. The maximum atomic E-state index is 12.8. The lowest BCUT2D eigenvalue weighted by molar-refractivity contribution is -0.384. The quantitative estimate of drug-likeness (QED) is 0.256. The van der Waals surface area contributed by atoms with E-state index in [1.165, 1.54) is 24.3 Å². The zero-order chi connectivity index (χ0) is 25.7. The third-order valence-corrected chi connectivity index (χ3v) is 6.24. The molecule has 0 saturated carbocycles. The minimum Gasteiger partial charge on any atom is -0.484 e. The molecule has 0 atom stereocenters. The van der Waals surface area contributed by atoms with Crippen molar-refractivity contribution in [3.05, 3.63) is 105 Å². The van der Waals surface area contributed by atoms with E-state index in [-0.39, 0.29) is 29.7 Å². The van der Waals surface area contributed by atoms with Crippen LogP contribution in [0, 0.1) is 17.0 Å². The van der Waals surface area contributed by atoms with Gasteiger partial charge in [0.1, 0.15) is 5.75 Å². The number of nitrogens with zero attached hydrogens (tertiary/aromatic N) is 2. The Kier molecular flexibility index (Phi) is 7.45. The number of nitro benzene ring substituents is 1. The molecule has 3 aromatic rings. The monoisotopic (exact) mass is 503 g/mol. The van der Waals surface area contributed by atoms with Gasteiger partial charge in [0.25, 0.3) is 22.7 Å². The number of benzene rings is 3. The number of aryl methyl sites for hydroxylation is 1. The molecule has 36 heavy (non-hydrogen) atoms. The molecule has 1 heterocycles. The second-order valence-electron chi connectivity index (χ2n) is 7.91. The summed E-state index contributed by atoms with van der Waals surface area (Å²) < 4.78 is 5.54. The van der Waals surface area contributed by atoms with Gasteiger partial charge in [0.15, 0.2) is 6.61 Å². The molecular weight excluding hydrogens is 482 g/mol. The summed E-state index contributed by atoms with van der Waals surface area (Å²) in [6, 6.07) is 19.9. The molecule has 10 heteroatoms. The normalized spacial score (nSPS) is 14.2. The van der Waals surface area contributed by atoms with Crippen molar-refractivity contribution in [2.45, 2.75) is 13.5 Å². The van der Waals surface area contributed by atoms with E-state index < -0.39 is 16.1 Å². The van der Waals surface area contributed by atoms with Crippen LogP contribution in [-0.4, -0.2) is 33.5 Å². The number of ether oxygens (including phenoxy) is 1. The first kappa shape index (κ1) is 24.7. The van der Waals surface area contributed by atoms with Crippen molar-refractivity contribution in [1.82, 2.24) is 4.90 Å². The average Bonchev–Trinajstić information content (AvgIpc) is 3.12. The van der Waals surface area contributed by atoms with E-state index in [1.54, 1.807) is 30.3 Å². The number of hydrogen-bond acceptors (Lipinski definition) is 7. The van der Waals surface area contributed by atoms with Gasteiger partial charge in [-0.3, -0.25) is 29.4 Å². The first-order chi connectivity index (χ1) is 17.3. The number of hydrogen-bond donors (Lipinski definition) is 1. The van der Waals surface area contributed by atoms with Crippen LogP contribution in [0.15, 0.2) is 77.7 Å². The molecule has 1 N–H and O–H groups in total. The Morgan fingerprint density at radius 3 is 2.42 bits per heavy atom. The summed E-state index contributed by atoms with van der Waals surface area (Å²) in [5.41, 5.74) is 2.91. The number of para-hydroxylation sites is 1. The third-order valence-electron chi connectivity index (χ3n) is 5.33. The first-order valence-electron chi connectivity index (χ1n) is 10.9. The van der Waals surface area contributed by atoms with Gasteiger partial charge in [0, 0.05) is 17.8 Å². The molecule has 0 unspecified atom stereocenters. The summed E-state index contributed by atoms with van der Waals surface area (Å²) in [4.78, 5) is 48.9. The van der Waals surface area contributed by atoms with Gasteiger partial charge in [-0.1, -0.05) is 42.5 Å². The molecule has 182 valence electrons. The highest BCUT2D eigenvalue weighted by molar-refractivity contribution is 8.18. The van der Waals surface area contributed by atoms with Crippen LogP contribution in [0.4, 0.5) is 16.2 Å². The Balaban J connectivity index is 1.34. The van der Waals surface area contributed by atoms with Crippen LogP contribution in [0.1, 0.15) is 16.7 Å². The maximum absolute atomic E-state index is 12.8. The largest absolute Gasteiger partial charge is 0.484 e. The summed E-state index contributed by atoms with van der Waals surface area (Å²) in [5.74, 6) is -0.231. The third kappa shape index (κ3) is 5.97. The molecule has 1 aliphatic heterocycles. The lowest BCUT2D eigenvalue weighted by atomic mass is 10.2. The fourth-order valence-electron chi connectivity index (χ4n) is 3.40. The van der Waals surface area contributed by atoms with Crippen molar-refractivity contribution < 1.29 is 24.0 Å². The average molecular weight is 504 g/mol. The number of non-ortho nitro benzene ring substituents is 1. The molecule has 3 amide bonds. The zero-order valence-corrected chi connectivity index (χ0v) is 20.0. The SMILES string of the molecule is Cc1ccccc1NC(=O)COc1ccc(/C=C2\SC(=O)N(Cc3ccc([N+](=O)[O-])cc3)C2=O)cc1. The topological polar surface area (TPSA) is 119 Å². The smallest absolute Gasteiger partial charge is 0.293 e. The second kappa shape index (κ2) is 10.9. The van der Waals surface area contributed by atoms with E-state index in [1.807, 2.05) is 31.2 Å². The molecule has 4 rings (SSSR count). The van der Waals surface area contributed by atoms with E-state index in [0.29, 0.717) is 16.9 Å². The number of nitro groups is 1. The van der Waals surface area contributed by atoms with Gasteiger partial charge >= 0.3 is 0 Å². The molecule has 0 aromatic heterocycles. The molecule has 0 aliphatic carbocycles. The highest BCUT2D eigenvalue weighted by atomic mass is 32.2. The van der Waals surface area contributed by atoms with Crippen molar-refractivity contribution in [3.63, 3.8) is 0 Å². The van der Waals surface area contributed by atoms with Crippen molar-refractivity contribution in [2.75, 3.05) is 11.9 Å². The minimum atomic E-state index is -0.511. The Bertz CT molecular complexity index is 1350. The van der Waals surface area contributed by atoms with Gasteiger partial charge in [0.05, 0.1) is 16.4 Å². The second-order valence-corrected chi connectivity index (χ2v) is 8.91. The Morgan fingerprint density at radius 1 is 1.06 bits per heavy atom. The van der Waals surface area contributed by atoms with Crippen LogP contribution in [0.3, 0.4) is 0 Å². The minimum absolute atomic E-state index is 0.0251. The van der Waals surface area contributed by atoms with E-state index in [2.05, 4.69) is 5.32 Å². The van der Waals surface area contributed by atoms with Gasteiger partial charge in [-0.15, -0.1) is 0 Å². The van der Waals surface area contributed by atoms with E-state index in [0.717, 1.165) is 27.9 Å². The lowest BCUT2D eigenvalue weighted by Crippen LogP contribution is -2.27. The fourth-order valence-corrected chi connectivity index (χ4v) is 4.24. The number of rotatable bonds is 8. The Labute approximate surface area is 210 Å². The van der Waals surface area contributed by atoms with E-state index in [4.69, 9.17) is 4.74 Å². The molecular formula is C26H21N3O6S. The van der Waals surface area contributed by atoms with Crippen molar-refractivity contribution >= 4 is 46.3 Å². The zero-order valence-electron chi connectivity index (χ0n) is 19.2. The molecule has 0 bridgehead atoms. The number of amides is 3. The number of imide groups is 1. The molecule has 0 radical (unpaired) electrons. The van der Waals surface area contributed by atoms with E-state index >= 15 is 0 Å². The number of anilines is 1. The van der Waals surface area contributed by atoms with E-state index in [9.17, 15) is 24.5 Å². The maximum Gasteiger partial charge on any atom is 0.293 e. The highest BCUT2D eigenvalue weighted by Crippen LogP contribution is 2.33. The van der Waals surface area contributed by atoms with Gasteiger partial charge in [-0.05, 0) is 59.7 Å². The number of thioether (sulfide) groups is 1. The number of nitrogens with one attached hydrogen (secondary N) is 1. The van der Waals surface area contributed by atoms with Gasteiger partial charge < -0.3 is 10.1 Å². The molecule has 1 saturated heterocycles. The van der Waals surface area contributed by atoms with Crippen molar-refractivity contribution in [3.8, 4) is 5.75 Å². The summed E-state index contributed by atoms with van der Waals surface area (Å²) in [6.07, 6.45) is 1.61. The highest BCUT2D eigenvalue weighted by Gasteiger charge is 2.35. The summed E-state index contributed by atoms with van der Waals surface area (Å²) in [5, 5.41) is 13.2. The van der Waals surface area contributed by atoms with Crippen LogP contribution in [0.2, 0.25) is 0 Å². The predicted octanol–water partition coefficient (Wildman–Crippen LogP) is 5.16. The summed E-state index contributed by atoms with van der Waals surface area (Å²) in [6.45, 7) is 1.77. The van der Waals surface area contributed by atoms with Crippen LogP contribution < -0.4 is 10.1 Å². The molecule has 9 nitrogen and oxygen atoms in total. The lowest BCUT2D eigenvalue weighted by Gasteiger charge is -2.12. The van der Waals surface area contributed by atoms with Crippen LogP contribution in [0.5, 0.6) is 5.75 Å². The Hall–Kier alpha value is -4.44. The molecule has 1 fully saturated rings. The van der Waals surface area contributed by atoms with Gasteiger partial charge in [-0.25, -0.2) is 0 Å². The van der Waals surface area contributed by atoms with Crippen molar-refractivity contribution in [1.29, 1.82) is 0 Å². The first-order valence-corrected chi connectivity index (χ1v) is 11.7. The summed E-state index contributed by atoms with van der Waals surface area (Å²) in [7, 11) is 0. The van der Waals surface area contributed by atoms with Gasteiger partial charge in [0.2, 0.25) is 0 Å². The van der Waals surface area contributed by atoms with Gasteiger partial charge in [-0.2, -0.15) is 0 Å². The summed E-state index contributed by atoms with van der Waals surface area (Å²) >= 11 is 0.830. The standard InChI is InChI=1S/C26H21N3O6S/c1-17-4-2-3-5-22(17)27-24(30)16-35-21-12-8-18(9-13-21)14-23-25(31)28(26(32)36-23)15-19-6-10-20(11-7-19)29(33)34/h2-14H,15-16H2,1H3,(H,27,30)/b23-14-. The fraction of sp³-hybridized carbons (Fsp3) is 0.115.